The molecule has 0 N–H and O–H groups in total. The standard InChI is InChI=1S/C17H11Cl2N3/c18-14-5-3-4-12(10-14)15-6-1-2-7-16(15)22-17(19)13(8-9-20)11-21-22/h1-7,10-11H,8H2. The molecule has 0 aliphatic rings. The summed E-state index contributed by atoms with van der Waals surface area (Å²) in [7, 11) is 0. The van der Waals surface area contributed by atoms with Crippen LogP contribution in [0, 0.1) is 11.3 Å². The Morgan fingerprint density at radius 3 is 2.68 bits per heavy atom. The van der Waals surface area contributed by atoms with Crippen LogP contribution in [-0.2, 0) is 6.42 Å². The number of hydrogen-bond donors (Lipinski definition) is 0. The van der Waals surface area contributed by atoms with E-state index in [1.165, 1.54) is 0 Å². The van der Waals surface area contributed by atoms with Gasteiger partial charge in [-0.3, -0.25) is 0 Å². The number of benzene rings is 2. The fourth-order valence-electron chi connectivity index (χ4n) is 2.30. The fourth-order valence-corrected chi connectivity index (χ4v) is 2.74. The molecule has 0 fully saturated rings. The Balaban J connectivity index is 2.15. The number of nitriles is 1. The minimum Gasteiger partial charge on any atom is -0.221 e. The van der Waals surface area contributed by atoms with Gasteiger partial charge in [0.1, 0.15) is 5.15 Å². The largest absolute Gasteiger partial charge is 0.221 e. The van der Waals surface area contributed by atoms with Crippen molar-refractivity contribution >= 4 is 23.2 Å². The minimum absolute atomic E-state index is 0.234. The van der Waals surface area contributed by atoms with E-state index in [1.807, 2.05) is 48.5 Å². The average Bonchev–Trinajstić information content (AvgIpc) is 2.89. The second-order valence-corrected chi connectivity index (χ2v) is 5.53. The van der Waals surface area contributed by atoms with Gasteiger partial charge in [0.15, 0.2) is 0 Å². The molecule has 108 valence electrons. The van der Waals surface area contributed by atoms with Crippen LogP contribution in [0.2, 0.25) is 10.2 Å². The van der Waals surface area contributed by atoms with E-state index in [0.717, 1.165) is 16.8 Å². The number of para-hydroxylation sites is 1. The zero-order valence-electron chi connectivity index (χ0n) is 11.5. The Kier molecular flexibility index (Phi) is 4.15. The van der Waals surface area contributed by atoms with Crippen LogP contribution in [0.5, 0.6) is 0 Å². The second-order valence-electron chi connectivity index (χ2n) is 4.73. The molecule has 3 nitrogen and oxygen atoms in total. The molecule has 0 saturated heterocycles. The smallest absolute Gasteiger partial charge is 0.137 e. The van der Waals surface area contributed by atoms with Gasteiger partial charge in [0.2, 0.25) is 0 Å². The van der Waals surface area contributed by atoms with Gasteiger partial charge in [-0.25, -0.2) is 4.68 Å². The molecule has 0 spiro atoms. The van der Waals surface area contributed by atoms with Crippen molar-refractivity contribution in [2.24, 2.45) is 0 Å². The molecule has 0 amide bonds. The van der Waals surface area contributed by atoms with E-state index in [4.69, 9.17) is 28.5 Å². The van der Waals surface area contributed by atoms with Crippen molar-refractivity contribution < 1.29 is 0 Å². The van der Waals surface area contributed by atoms with Crippen LogP contribution in [0.3, 0.4) is 0 Å². The number of nitrogens with zero attached hydrogens (tertiary/aromatic N) is 3. The van der Waals surface area contributed by atoms with Gasteiger partial charge in [-0.05, 0) is 23.8 Å². The summed E-state index contributed by atoms with van der Waals surface area (Å²) in [6.45, 7) is 0. The lowest BCUT2D eigenvalue weighted by molar-refractivity contribution is 0.882. The van der Waals surface area contributed by atoms with Crippen molar-refractivity contribution in [3.63, 3.8) is 0 Å². The van der Waals surface area contributed by atoms with Crippen LogP contribution in [0.25, 0.3) is 16.8 Å². The highest BCUT2D eigenvalue weighted by atomic mass is 35.5. The summed E-state index contributed by atoms with van der Waals surface area (Å²) in [6, 6.07) is 17.5. The van der Waals surface area contributed by atoms with Crippen LogP contribution >= 0.6 is 23.2 Å². The zero-order chi connectivity index (χ0) is 15.5. The Morgan fingerprint density at radius 2 is 1.91 bits per heavy atom. The summed E-state index contributed by atoms with van der Waals surface area (Å²) in [5, 5.41) is 14.3. The van der Waals surface area contributed by atoms with E-state index in [2.05, 4.69) is 11.2 Å². The van der Waals surface area contributed by atoms with Crippen molar-refractivity contribution in [2.45, 2.75) is 6.42 Å². The van der Waals surface area contributed by atoms with Gasteiger partial charge in [-0.15, -0.1) is 0 Å². The Hall–Kier alpha value is -2.28. The van der Waals surface area contributed by atoms with Crippen LogP contribution in [0.1, 0.15) is 5.56 Å². The molecule has 0 radical (unpaired) electrons. The molecule has 22 heavy (non-hydrogen) atoms. The molecular weight excluding hydrogens is 317 g/mol. The van der Waals surface area contributed by atoms with Crippen LogP contribution < -0.4 is 0 Å². The Labute approximate surface area is 138 Å². The third-order valence-electron chi connectivity index (χ3n) is 3.32. The molecule has 2 aromatic carbocycles. The first-order valence-corrected chi connectivity index (χ1v) is 7.41. The highest BCUT2D eigenvalue weighted by Crippen LogP contribution is 2.30. The van der Waals surface area contributed by atoms with Crippen molar-refractivity contribution in [1.29, 1.82) is 5.26 Å². The number of hydrogen-bond acceptors (Lipinski definition) is 2. The molecule has 1 heterocycles. The maximum absolute atomic E-state index is 8.83. The molecule has 0 bridgehead atoms. The molecule has 3 aromatic rings. The van der Waals surface area contributed by atoms with Gasteiger partial charge in [0, 0.05) is 16.1 Å². The molecule has 0 atom stereocenters. The van der Waals surface area contributed by atoms with E-state index in [9.17, 15) is 0 Å². The first-order valence-electron chi connectivity index (χ1n) is 6.65. The maximum atomic E-state index is 8.83. The van der Waals surface area contributed by atoms with E-state index in [0.29, 0.717) is 15.7 Å². The van der Waals surface area contributed by atoms with E-state index in [-0.39, 0.29) is 6.42 Å². The normalized spacial score (nSPS) is 10.4. The third kappa shape index (κ3) is 2.71. The SMILES string of the molecule is N#CCc1cnn(-c2ccccc2-c2cccc(Cl)c2)c1Cl. The van der Waals surface area contributed by atoms with E-state index in [1.54, 1.807) is 10.9 Å². The highest BCUT2D eigenvalue weighted by molar-refractivity contribution is 6.31. The Morgan fingerprint density at radius 1 is 1.09 bits per heavy atom. The number of halogens is 2. The maximum Gasteiger partial charge on any atom is 0.137 e. The molecule has 0 saturated carbocycles. The fraction of sp³-hybridized carbons (Fsp3) is 0.0588. The lowest BCUT2D eigenvalue weighted by atomic mass is 10.0. The van der Waals surface area contributed by atoms with Crippen molar-refractivity contribution in [3.8, 4) is 22.9 Å². The average molecular weight is 328 g/mol. The van der Waals surface area contributed by atoms with E-state index >= 15 is 0 Å². The van der Waals surface area contributed by atoms with Crippen LogP contribution in [0.4, 0.5) is 0 Å². The first kappa shape index (κ1) is 14.6. The van der Waals surface area contributed by atoms with Gasteiger partial charge in [-0.1, -0.05) is 53.5 Å². The quantitative estimate of drug-likeness (QED) is 0.685. The summed E-state index contributed by atoms with van der Waals surface area (Å²) in [5.41, 5.74) is 3.51. The van der Waals surface area contributed by atoms with Crippen LogP contribution in [-0.4, -0.2) is 9.78 Å². The molecule has 1 aromatic heterocycles. The molecule has 0 aliphatic heterocycles. The topological polar surface area (TPSA) is 41.6 Å². The van der Waals surface area contributed by atoms with Crippen LogP contribution in [0.15, 0.2) is 54.7 Å². The lowest BCUT2D eigenvalue weighted by Crippen LogP contribution is -1.99. The molecule has 0 unspecified atom stereocenters. The third-order valence-corrected chi connectivity index (χ3v) is 3.96. The zero-order valence-corrected chi connectivity index (χ0v) is 13.0. The predicted octanol–water partition coefficient (Wildman–Crippen LogP) is 4.91. The second kappa shape index (κ2) is 6.23. The van der Waals surface area contributed by atoms with Gasteiger partial charge in [-0.2, -0.15) is 10.4 Å². The molecule has 5 heteroatoms. The first-order chi connectivity index (χ1) is 10.7. The van der Waals surface area contributed by atoms with Crippen molar-refractivity contribution in [2.75, 3.05) is 0 Å². The molecule has 0 aliphatic carbocycles. The summed E-state index contributed by atoms with van der Waals surface area (Å²) >= 11 is 12.4. The monoisotopic (exact) mass is 327 g/mol. The molecule has 3 rings (SSSR count). The summed E-state index contributed by atoms with van der Waals surface area (Å²) in [6.07, 6.45) is 1.86. The summed E-state index contributed by atoms with van der Waals surface area (Å²) in [5.74, 6) is 0. The predicted molar refractivity (Wildman–Crippen MR) is 88.3 cm³/mol. The highest BCUT2D eigenvalue weighted by Gasteiger charge is 2.13. The van der Waals surface area contributed by atoms with Gasteiger partial charge >= 0.3 is 0 Å². The lowest BCUT2D eigenvalue weighted by Gasteiger charge is -2.11. The van der Waals surface area contributed by atoms with Crippen molar-refractivity contribution in [3.05, 3.63) is 70.5 Å². The van der Waals surface area contributed by atoms with E-state index < -0.39 is 0 Å². The van der Waals surface area contributed by atoms with Gasteiger partial charge in [0.25, 0.3) is 0 Å². The van der Waals surface area contributed by atoms with Gasteiger partial charge < -0.3 is 0 Å². The van der Waals surface area contributed by atoms with Gasteiger partial charge in [0.05, 0.1) is 24.4 Å². The number of rotatable bonds is 3. The number of aromatic nitrogens is 2. The molecular formula is C17H11Cl2N3. The summed E-state index contributed by atoms with van der Waals surface area (Å²) < 4.78 is 1.64. The van der Waals surface area contributed by atoms with Crippen molar-refractivity contribution in [1.82, 2.24) is 9.78 Å². The summed E-state index contributed by atoms with van der Waals surface area (Å²) in [4.78, 5) is 0. The Bertz CT molecular complexity index is 862. The minimum atomic E-state index is 0.234.